The number of nitrogens with zero attached hydrogens (tertiary/aromatic N) is 3. The normalized spacial score (nSPS) is 10.5. The van der Waals surface area contributed by atoms with Crippen LogP contribution in [0.3, 0.4) is 0 Å². The Morgan fingerprint density at radius 2 is 2.00 bits per heavy atom. The first kappa shape index (κ1) is 9.67. The molecule has 0 spiro atoms. The third-order valence-electron chi connectivity index (χ3n) is 2.14. The van der Waals surface area contributed by atoms with Crippen molar-refractivity contribution in [1.82, 2.24) is 15.0 Å². The van der Waals surface area contributed by atoms with E-state index in [0.29, 0.717) is 6.54 Å². The van der Waals surface area contributed by atoms with Crippen LogP contribution < -0.4 is 5.73 Å². The molecule has 0 bridgehead atoms. The van der Waals surface area contributed by atoms with Crippen molar-refractivity contribution >= 4 is 5.69 Å². The Bertz CT molecular complexity index is 435. The van der Waals surface area contributed by atoms with Gasteiger partial charge in [0.25, 0.3) is 0 Å². The Kier molecular flexibility index (Phi) is 2.64. The number of aliphatic hydroxyl groups excluding tert-OH is 1. The molecular formula is C10H12N4O. The van der Waals surface area contributed by atoms with Gasteiger partial charge in [-0.15, -0.1) is 5.10 Å². The molecule has 0 saturated carbocycles. The lowest BCUT2D eigenvalue weighted by atomic mass is 10.1. The van der Waals surface area contributed by atoms with Crippen LogP contribution in [0.2, 0.25) is 0 Å². The Balaban J connectivity index is 2.36. The summed E-state index contributed by atoms with van der Waals surface area (Å²) in [6.45, 7) is 0.491. The molecule has 0 aliphatic rings. The lowest BCUT2D eigenvalue weighted by Gasteiger charge is -2.04. The smallest absolute Gasteiger partial charge is 0.0886 e. The zero-order valence-corrected chi connectivity index (χ0v) is 8.17. The standard InChI is InChI=1S/C10H12N4O/c11-9-3-1-8(2-4-9)10-7-12-13-14(10)5-6-15/h1-4,7,15H,5-6,11H2. The lowest BCUT2D eigenvalue weighted by Crippen LogP contribution is -2.05. The minimum atomic E-state index is 0.0470. The largest absolute Gasteiger partial charge is 0.399 e. The Morgan fingerprint density at radius 1 is 1.27 bits per heavy atom. The summed E-state index contributed by atoms with van der Waals surface area (Å²) >= 11 is 0. The predicted molar refractivity (Wildman–Crippen MR) is 57.0 cm³/mol. The van der Waals surface area contributed by atoms with E-state index < -0.39 is 0 Å². The van der Waals surface area contributed by atoms with Crippen molar-refractivity contribution in [3.05, 3.63) is 30.5 Å². The SMILES string of the molecule is Nc1ccc(-c2cnnn2CCO)cc1. The van der Waals surface area contributed by atoms with Gasteiger partial charge in [0, 0.05) is 11.3 Å². The number of nitrogens with two attached hydrogens (primary N) is 1. The molecule has 1 heterocycles. The molecule has 0 saturated heterocycles. The van der Waals surface area contributed by atoms with Crippen molar-refractivity contribution in [2.45, 2.75) is 6.54 Å². The third-order valence-corrected chi connectivity index (χ3v) is 2.14. The van der Waals surface area contributed by atoms with Gasteiger partial charge in [0.2, 0.25) is 0 Å². The summed E-state index contributed by atoms with van der Waals surface area (Å²) in [4.78, 5) is 0. The van der Waals surface area contributed by atoms with Crippen LogP contribution in [0.25, 0.3) is 11.3 Å². The van der Waals surface area contributed by atoms with E-state index in [9.17, 15) is 0 Å². The lowest BCUT2D eigenvalue weighted by molar-refractivity contribution is 0.269. The van der Waals surface area contributed by atoms with Crippen LogP contribution in [0.1, 0.15) is 0 Å². The van der Waals surface area contributed by atoms with Crippen LogP contribution in [-0.2, 0) is 6.54 Å². The first-order valence-electron chi connectivity index (χ1n) is 4.66. The highest BCUT2D eigenvalue weighted by atomic mass is 16.3. The second-order valence-electron chi connectivity index (χ2n) is 3.19. The molecule has 0 fully saturated rings. The molecule has 0 aliphatic carbocycles. The van der Waals surface area contributed by atoms with E-state index in [2.05, 4.69) is 10.3 Å². The Hall–Kier alpha value is -1.88. The van der Waals surface area contributed by atoms with Crippen molar-refractivity contribution in [1.29, 1.82) is 0 Å². The quantitative estimate of drug-likeness (QED) is 0.714. The van der Waals surface area contributed by atoms with Crippen LogP contribution in [0.15, 0.2) is 30.5 Å². The summed E-state index contributed by atoms with van der Waals surface area (Å²) in [6.07, 6.45) is 1.67. The molecule has 0 radical (unpaired) electrons. The summed E-state index contributed by atoms with van der Waals surface area (Å²) < 4.78 is 1.66. The molecule has 5 heteroatoms. The molecule has 0 atom stereocenters. The molecule has 0 unspecified atom stereocenters. The van der Waals surface area contributed by atoms with Crippen molar-refractivity contribution < 1.29 is 5.11 Å². The number of benzene rings is 1. The zero-order valence-electron chi connectivity index (χ0n) is 8.17. The van der Waals surface area contributed by atoms with Crippen molar-refractivity contribution in [2.24, 2.45) is 0 Å². The van der Waals surface area contributed by atoms with Gasteiger partial charge in [0.05, 0.1) is 25.0 Å². The second-order valence-corrected chi connectivity index (χ2v) is 3.19. The third kappa shape index (κ3) is 1.97. The maximum absolute atomic E-state index is 8.84. The highest BCUT2D eigenvalue weighted by molar-refractivity contribution is 5.61. The molecule has 2 rings (SSSR count). The first-order valence-corrected chi connectivity index (χ1v) is 4.66. The molecule has 5 nitrogen and oxygen atoms in total. The van der Waals surface area contributed by atoms with Crippen LogP contribution >= 0.6 is 0 Å². The second kappa shape index (κ2) is 4.10. The zero-order chi connectivity index (χ0) is 10.7. The minimum absolute atomic E-state index is 0.0470. The fraction of sp³-hybridized carbons (Fsp3) is 0.200. The first-order chi connectivity index (χ1) is 7.31. The fourth-order valence-electron chi connectivity index (χ4n) is 1.39. The minimum Gasteiger partial charge on any atom is -0.399 e. The van der Waals surface area contributed by atoms with Crippen LogP contribution in [-0.4, -0.2) is 26.7 Å². The van der Waals surface area contributed by atoms with Crippen LogP contribution in [0.5, 0.6) is 0 Å². The van der Waals surface area contributed by atoms with Gasteiger partial charge < -0.3 is 10.8 Å². The maximum atomic E-state index is 8.84. The van der Waals surface area contributed by atoms with E-state index in [1.165, 1.54) is 0 Å². The fourth-order valence-corrected chi connectivity index (χ4v) is 1.39. The molecular weight excluding hydrogens is 192 g/mol. The van der Waals surface area contributed by atoms with E-state index in [-0.39, 0.29) is 6.61 Å². The van der Waals surface area contributed by atoms with Gasteiger partial charge in [0.15, 0.2) is 0 Å². The van der Waals surface area contributed by atoms with Crippen molar-refractivity contribution in [3.63, 3.8) is 0 Å². The van der Waals surface area contributed by atoms with Gasteiger partial charge >= 0.3 is 0 Å². The topological polar surface area (TPSA) is 77.0 Å². The molecule has 1 aromatic heterocycles. The Morgan fingerprint density at radius 3 is 2.67 bits per heavy atom. The Labute approximate surface area is 87.1 Å². The number of aliphatic hydroxyl groups is 1. The predicted octanol–water partition coefficient (Wildman–Crippen LogP) is 0.520. The number of aromatic nitrogens is 3. The van der Waals surface area contributed by atoms with Crippen LogP contribution in [0, 0.1) is 0 Å². The van der Waals surface area contributed by atoms with E-state index >= 15 is 0 Å². The summed E-state index contributed by atoms with van der Waals surface area (Å²) in [7, 11) is 0. The number of nitrogen functional groups attached to an aromatic ring is 1. The molecule has 3 N–H and O–H groups in total. The number of anilines is 1. The average molecular weight is 204 g/mol. The van der Waals surface area contributed by atoms with E-state index in [4.69, 9.17) is 10.8 Å². The van der Waals surface area contributed by atoms with Crippen molar-refractivity contribution in [2.75, 3.05) is 12.3 Å². The van der Waals surface area contributed by atoms with Gasteiger partial charge in [0.1, 0.15) is 0 Å². The molecule has 1 aromatic carbocycles. The maximum Gasteiger partial charge on any atom is 0.0886 e. The number of hydrogen-bond acceptors (Lipinski definition) is 4. The summed E-state index contributed by atoms with van der Waals surface area (Å²) in [5.74, 6) is 0. The summed E-state index contributed by atoms with van der Waals surface area (Å²) in [5, 5.41) is 16.5. The summed E-state index contributed by atoms with van der Waals surface area (Å²) in [5.41, 5.74) is 8.19. The number of rotatable bonds is 3. The van der Waals surface area contributed by atoms with E-state index in [1.807, 2.05) is 24.3 Å². The monoisotopic (exact) mass is 204 g/mol. The van der Waals surface area contributed by atoms with E-state index in [1.54, 1.807) is 10.9 Å². The van der Waals surface area contributed by atoms with Crippen LogP contribution in [0.4, 0.5) is 5.69 Å². The van der Waals surface area contributed by atoms with Gasteiger partial charge in [-0.2, -0.15) is 0 Å². The highest BCUT2D eigenvalue weighted by Gasteiger charge is 2.05. The molecule has 0 aliphatic heterocycles. The van der Waals surface area contributed by atoms with E-state index in [0.717, 1.165) is 16.9 Å². The average Bonchev–Trinajstić information content (AvgIpc) is 2.68. The molecule has 0 amide bonds. The molecule has 15 heavy (non-hydrogen) atoms. The van der Waals surface area contributed by atoms with Gasteiger partial charge in [-0.05, 0) is 12.1 Å². The number of hydrogen-bond donors (Lipinski definition) is 2. The van der Waals surface area contributed by atoms with Crippen molar-refractivity contribution in [3.8, 4) is 11.3 Å². The van der Waals surface area contributed by atoms with Gasteiger partial charge in [-0.3, -0.25) is 0 Å². The van der Waals surface area contributed by atoms with Gasteiger partial charge in [-0.25, -0.2) is 4.68 Å². The molecule has 78 valence electrons. The van der Waals surface area contributed by atoms with Gasteiger partial charge in [-0.1, -0.05) is 17.3 Å². The molecule has 2 aromatic rings. The summed E-state index contributed by atoms with van der Waals surface area (Å²) in [6, 6.07) is 7.46. The highest BCUT2D eigenvalue weighted by Crippen LogP contribution is 2.18.